The summed E-state index contributed by atoms with van der Waals surface area (Å²) in [5.41, 5.74) is 3.58. The first-order valence-corrected chi connectivity index (χ1v) is 9.40. The monoisotopic (exact) mass is 354 g/mol. The summed E-state index contributed by atoms with van der Waals surface area (Å²) in [4.78, 5) is 16.9. The predicted octanol–water partition coefficient (Wildman–Crippen LogP) is 3.80. The van der Waals surface area contributed by atoms with E-state index in [0.717, 1.165) is 51.1 Å². The van der Waals surface area contributed by atoms with Gasteiger partial charge in [-0.25, -0.2) is 4.39 Å². The molecule has 0 spiro atoms. The number of carbonyl (C=O) groups excluding carboxylic acids is 1. The molecule has 0 atom stereocenters. The molecule has 3 nitrogen and oxygen atoms in total. The zero-order valence-corrected chi connectivity index (χ0v) is 15.5. The molecule has 2 aromatic carbocycles. The fourth-order valence-electron chi connectivity index (χ4n) is 3.50. The van der Waals surface area contributed by atoms with Crippen LogP contribution in [0.2, 0.25) is 0 Å². The highest BCUT2D eigenvalue weighted by Crippen LogP contribution is 2.12. The molecule has 26 heavy (non-hydrogen) atoms. The maximum atomic E-state index is 13.0. The second-order valence-corrected chi connectivity index (χ2v) is 7.13. The summed E-state index contributed by atoms with van der Waals surface area (Å²) in [5.74, 6) is 0.0464. The van der Waals surface area contributed by atoms with Gasteiger partial charge in [0.25, 0.3) is 0 Å². The quantitative estimate of drug-likeness (QED) is 0.815. The minimum Gasteiger partial charge on any atom is -0.341 e. The lowest BCUT2D eigenvalue weighted by molar-refractivity contribution is -0.131. The van der Waals surface area contributed by atoms with E-state index in [9.17, 15) is 9.18 Å². The molecule has 0 saturated carbocycles. The van der Waals surface area contributed by atoms with Gasteiger partial charge in [-0.3, -0.25) is 9.69 Å². The van der Waals surface area contributed by atoms with Gasteiger partial charge in [0.15, 0.2) is 0 Å². The Hall–Kier alpha value is -2.20. The number of halogens is 1. The molecule has 3 rings (SSSR count). The van der Waals surface area contributed by atoms with Gasteiger partial charge in [0, 0.05) is 39.1 Å². The molecule has 0 N–H and O–H groups in total. The van der Waals surface area contributed by atoms with Crippen molar-refractivity contribution in [3.05, 3.63) is 71.0 Å². The van der Waals surface area contributed by atoms with E-state index in [-0.39, 0.29) is 11.7 Å². The normalized spacial score (nSPS) is 15.7. The third kappa shape index (κ3) is 5.40. The zero-order chi connectivity index (χ0) is 18.4. The summed E-state index contributed by atoms with van der Waals surface area (Å²) >= 11 is 0. The van der Waals surface area contributed by atoms with E-state index in [0.29, 0.717) is 6.42 Å². The number of hydrogen-bond acceptors (Lipinski definition) is 2. The fourth-order valence-corrected chi connectivity index (χ4v) is 3.50. The van der Waals surface area contributed by atoms with Gasteiger partial charge >= 0.3 is 0 Å². The van der Waals surface area contributed by atoms with Crippen molar-refractivity contribution < 1.29 is 9.18 Å². The van der Waals surface area contributed by atoms with E-state index in [1.807, 2.05) is 17.0 Å². The molecule has 0 aliphatic carbocycles. The molecule has 0 bridgehead atoms. The fraction of sp³-hybridized carbons (Fsp3) is 0.409. The van der Waals surface area contributed by atoms with Crippen LogP contribution in [0.5, 0.6) is 0 Å². The molecule has 1 aliphatic heterocycles. The van der Waals surface area contributed by atoms with Crippen molar-refractivity contribution in [1.82, 2.24) is 9.80 Å². The first-order chi connectivity index (χ1) is 12.6. The molecular formula is C22H27FN2O. The highest BCUT2D eigenvalue weighted by molar-refractivity contribution is 5.76. The molecule has 2 aromatic rings. The zero-order valence-electron chi connectivity index (χ0n) is 15.5. The molecule has 1 fully saturated rings. The Morgan fingerprint density at radius 1 is 1.00 bits per heavy atom. The predicted molar refractivity (Wildman–Crippen MR) is 102 cm³/mol. The van der Waals surface area contributed by atoms with Crippen LogP contribution in [0.3, 0.4) is 0 Å². The number of carbonyl (C=O) groups is 1. The van der Waals surface area contributed by atoms with Crippen molar-refractivity contribution >= 4 is 5.91 Å². The Labute approximate surface area is 155 Å². The second kappa shape index (κ2) is 8.95. The minimum atomic E-state index is -0.199. The average molecular weight is 354 g/mol. The smallest absolute Gasteiger partial charge is 0.222 e. The average Bonchev–Trinajstić information content (AvgIpc) is 2.87. The van der Waals surface area contributed by atoms with Gasteiger partial charge in [-0.2, -0.15) is 0 Å². The molecule has 1 saturated heterocycles. The Balaban J connectivity index is 1.48. The molecule has 0 aromatic heterocycles. The van der Waals surface area contributed by atoms with Gasteiger partial charge in [0.1, 0.15) is 5.82 Å². The molecule has 1 amide bonds. The lowest BCUT2D eigenvalue weighted by Crippen LogP contribution is -2.35. The summed E-state index contributed by atoms with van der Waals surface area (Å²) in [6.45, 7) is 6.33. The van der Waals surface area contributed by atoms with E-state index >= 15 is 0 Å². The van der Waals surface area contributed by atoms with Crippen molar-refractivity contribution in [2.75, 3.05) is 26.2 Å². The van der Waals surface area contributed by atoms with Crippen molar-refractivity contribution in [1.29, 1.82) is 0 Å². The van der Waals surface area contributed by atoms with Crippen LogP contribution in [0.4, 0.5) is 4.39 Å². The number of benzene rings is 2. The number of amides is 1. The second-order valence-electron chi connectivity index (χ2n) is 7.13. The van der Waals surface area contributed by atoms with Gasteiger partial charge in [0.05, 0.1) is 0 Å². The molecule has 1 heterocycles. The number of nitrogens with zero attached hydrogens (tertiary/aromatic N) is 2. The Kier molecular flexibility index (Phi) is 6.40. The van der Waals surface area contributed by atoms with E-state index in [1.54, 1.807) is 0 Å². The van der Waals surface area contributed by atoms with Crippen molar-refractivity contribution in [3.8, 4) is 0 Å². The molecule has 4 heteroatoms. The van der Waals surface area contributed by atoms with Crippen molar-refractivity contribution in [3.63, 3.8) is 0 Å². The van der Waals surface area contributed by atoms with Crippen LogP contribution in [0.25, 0.3) is 0 Å². The van der Waals surface area contributed by atoms with Crippen LogP contribution < -0.4 is 0 Å². The van der Waals surface area contributed by atoms with Crippen LogP contribution in [-0.4, -0.2) is 41.9 Å². The van der Waals surface area contributed by atoms with Crippen LogP contribution >= 0.6 is 0 Å². The number of rotatable bonds is 5. The third-order valence-corrected chi connectivity index (χ3v) is 4.97. The van der Waals surface area contributed by atoms with Crippen LogP contribution in [0, 0.1) is 12.7 Å². The van der Waals surface area contributed by atoms with E-state index < -0.39 is 0 Å². The van der Waals surface area contributed by atoms with E-state index in [1.165, 1.54) is 23.3 Å². The largest absolute Gasteiger partial charge is 0.341 e. The standard InChI is InChI=1S/C22H27FN2O/c1-18-4-2-5-19(16-18)8-11-22(26)25-13-3-12-24(14-15-25)17-20-6-9-21(23)10-7-20/h2,4-7,9-10,16H,3,8,11-15,17H2,1H3. The van der Waals surface area contributed by atoms with Gasteiger partial charge in [0.2, 0.25) is 5.91 Å². The van der Waals surface area contributed by atoms with Gasteiger partial charge in [-0.15, -0.1) is 0 Å². The lowest BCUT2D eigenvalue weighted by Gasteiger charge is -2.22. The summed E-state index contributed by atoms with van der Waals surface area (Å²) < 4.78 is 13.0. The summed E-state index contributed by atoms with van der Waals surface area (Å²) in [6.07, 6.45) is 2.36. The first-order valence-electron chi connectivity index (χ1n) is 9.40. The van der Waals surface area contributed by atoms with Gasteiger partial charge in [-0.05, 0) is 43.0 Å². The topological polar surface area (TPSA) is 23.6 Å². The molecular weight excluding hydrogens is 327 g/mol. The molecule has 138 valence electrons. The SMILES string of the molecule is Cc1cccc(CCC(=O)N2CCCN(Cc3ccc(F)cc3)CC2)c1. The van der Waals surface area contributed by atoms with E-state index in [2.05, 4.69) is 36.1 Å². The van der Waals surface area contributed by atoms with Crippen molar-refractivity contribution in [2.45, 2.75) is 32.7 Å². The van der Waals surface area contributed by atoms with E-state index in [4.69, 9.17) is 0 Å². The summed E-state index contributed by atoms with van der Waals surface area (Å²) in [6, 6.07) is 15.1. The van der Waals surface area contributed by atoms with Gasteiger partial charge < -0.3 is 4.90 Å². The molecule has 0 radical (unpaired) electrons. The maximum Gasteiger partial charge on any atom is 0.222 e. The summed E-state index contributed by atoms with van der Waals surface area (Å²) in [5, 5.41) is 0. The van der Waals surface area contributed by atoms with Crippen molar-refractivity contribution in [2.24, 2.45) is 0 Å². The minimum absolute atomic E-state index is 0.199. The van der Waals surface area contributed by atoms with Gasteiger partial charge in [-0.1, -0.05) is 42.0 Å². The third-order valence-electron chi connectivity index (χ3n) is 4.97. The lowest BCUT2D eigenvalue weighted by atomic mass is 10.1. The van der Waals surface area contributed by atoms with Crippen LogP contribution in [0.15, 0.2) is 48.5 Å². The Morgan fingerprint density at radius 3 is 2.58 bits per heavy atom. The Morgan fingerprint density at radius 2 is 1.81 bits per heavy atom. The van der Waals surface area contributed by atoms with Crippen LogP contribution in [0.1, 0.15) is 29.5 Å². The number of aryl methyl sites for hydroxylation is 2. The summed E-state index contributed by atoms with van der Waals surface area (Å²) in [7, 11) is 0. The Bertz CT molecular complexity index is 729. The first kappa shape index (κ1) is 18.6. The highest BCUT2D eigenvalue weighted by atomic mass is 19.1. The van der Waals surface area contributed by atoms with Crippen LogP contribution in [-0.2, 0) is 17.8 Å². The number of hydrogen-bond donors (Lipinski definition) is 0. The molecule has 0 unspecified atom stereocenters. The maximum absolute atomic E-state index is 13.0. The highest BCUT2D eigenvalue weighted by Gasteiger charge is 2.19. The molecule has 1 aliphatic rings.